The molecule has 1 rings (SSSR count). The normalized spacial score (nSPS) is 13.6. The van der Waals surface area contributed by atoms with Gasteiger partial charge in [0.2, 0.25) is 0 Å². The van der Waals surface area contributed by atoms with Gasteiger partial charge in [-0.1, -0.05) is 33.1 Å². The second-order valence-corrected chi connectivity index (χ2v) is 5.62. The summed E-state index contributed by atoms with van der Waals surface area (Å²) in [5, 5.41) is 7.71. The minimum Gasteiger partial charge on any atom is -0.493 e. The lowest BCUT2D eigenvalue weighted by molar-refractivity contribution is -0.0925. The third-order valence-electron chi connectivity index (χ3n) is 3.66. The number of nitrogens with zero attached hydrogens (tertiary/aromatic N) is 1. The summed E-state index contributed by atoms with van der Waals surface area (Å²) in [5.41, 5.74) is 3.27. The highest BCUT2D eigenvalue weighted by Gasteiger charge is 2.31. The van der Waals surface area contributed by atoms with E-state index in [1.54, 1.807) is 6.07 Å². The summed E-state index contributed by atoms with van der Waals surface area (Å²) in [6, 6.07) is 3.08. The fraction of sp³-hybridized carbons (Fsp3) is 0.529. The molecule has 0 aliphatic carbocycles. The van der Waals surface area contributed by atoms with Gasteiger partial charge < -0.3 is 10.5 Å². The van der Waals surface area contributed by atoms with Gasteiger partial charge in [0.25, 0.3) is 0 Å². The van der Waals surface area contributed by atoms with Gasteiger partial charge in [0.15, 0.2) is 0 Å². The van der Waals surface area contributed by atoms with Crippen molar-refractivity contribution in [1.29, 1.82) is 5.41 Å². The number of unbranched alkanes of at least 4 members (excludes halogenated alkanes) is 1. The van der Waals surface area contributed by atoms with E-state index in [1.165, 1.54) is 12.3 Å². The largest absolute Gasteiger partial charge is 0.493 e. The van der Waals surface area contributed by atoms with E-state index >= 15 is 0 Å². The first-order valence-corrected chi connectivity index (χ1v) is 8.00. The molecule has 0 aromatic carbocycles. The Hall–Kier alpha value is -2.05. The van der Waals surface area contributed by atoms with E-state index in [4.69, 9.17) is 15.9 Å². The lowest BCUT2D eigenvalue weighted by Gasteiger charge is -2.15. The molecular formula is C17H24F3N3O. The Morgan fingerprint density at radius 3 is 2.71 bits per heavy atom. The van der Waals surface area contributed by atoms with Crippen LogP contribution in [0.5, 0.6) is 5.75 Å². The van der Waals surface area contributed by atoms with Crippen LogP contribution in [0, 0.1) is 11.3 Å². The molecule has 0 saturated heterocycles. The summed E-state index contributed by atoms with van der Waals surface area (Å²) in [7, 11) is 0. The molecule has 0 amide bonds. The van der Waals surface area contributed by atoms with E-state index in [2.05, 4.69) is 18.8 Å². The Balaban J connectivity index is 2.74. The SMILES string of the molecule is CCCCC(CC)COc1ccnc(C(=N)C=C(N)C(F)(F)F)c1. The zero-order valence-electron chi connectivity index (χ0n) is 14.0. The number of alkyl halides is 3. The first-order chi connectivity index (χ1) is 11.3. The van der Waals surface area contributed by atoms with Crippen LogP contribution in [-0.4, -0.2) is 23.5 Å². The number of nitrogens with one attached hydrogen (secondary N) is 1. The summed E-state index contributed by atoms with van der Waals surface area (Å²) in [6.07, 6.45) is 1.64. The highest BCUT2D eigenvalue weighted by molar-refractivity contribution is 6.05. The second-order valence-electron chi connectivity index (χ2n) is 5.62. The molecule has 1 heterocycles. The van der Waals surface area contributed by atoms with Crippen LogP contribution in [0.25, 0.3) is 0 Å². The third-order valence-corrected chi connectivity index (χ3v) is 3.66. The van der Waals surface area contributed by atoms with E-state index in [1.807, 2.05) is 0 Å². The lowest BCUT2D eigenvalue weighted by Crippen LogP contribution is -2.21. The summed E-state index contributed by atoms with van der Waals surface area (Å²) in [4.78, 5) is 3.90. The van der Waals surface area contributed by atoms with Gasteiger partial charge in [0, 0.05) is 12.3 Å². The molecule has 0 spiro atoms. The first kappa shape index (κ1) is 20.0. The van der Waals surface area contributed by atoms with Gasteiger partial charge in [-0.15, -0.1) is 0 Å². The number of aromatic nitrogens is 1. The minimum absolute atomic E-state index is 0.0845. The lowest BCUT2D eigenvalue weighted by atomic mass is 10.0. The van der Waals surface area contributed by atoms with Crippen LogP contribution in [0.1, 0.15) is 45.2 Å². The van der Waals surface area contributed by atoms with Crippen molar-refractivity contribution >= 4 is 5.71 Å². The number of halogens is 3. The van der Waals surface area contributed by atoms with Crippen LogP contribution in [0.3, 0.4) is 0 Å². The van der Waals surface area contributed by atoms with Crippen molar-refractivity contribution in [2.45, 2.75) is 45.7 Å². The molecule has 1 unspecified atom stereocenters. The Labute approximate surface area is 140 Å². The zero-order valence-corrected chi connectivity index (χ0v) is 14.0. The average molecular weight is 343 g/mol. The number of nitrogens with two attached hydrogens (primary N) is 1. The Bertz CT molecular complexity index is 570. The number of rotatable bonds is 9. The van der Waals surface area contributed by atoms with E-state index in [9.17, 15) is 13.2 Å². The van der Waals surface area contributed by atoms with Crippen molar-refractivity contribution in [2.75, 3.05) is 6.61 Å². The topological polar surface area (TPSA) is 72.0 Å². The maximum Gasteiger partial charge on any atom is 0.430 e. The molecule has 134 valence electrons. The number of hydrogen-bond donors (Lipinski definition) is 2. The summed E-state index contributed by atoms with van der Waals surface area (Å²) >= 11 is 0. The first-order valence-electron chi connectivity index (χ1n) is 8.00. The van der Waals surface area contributed by atoms with Crippen LogP contribution in [0.4, 0.5) is 13.2 Å². The van der Waals surface area contributed by atoms with E-state index < -0.39 is 17.6 Å². The monoisotopic (exact) mass is 343 g/mol. The van der Waals surface area contributed by atoms with Crippen LogP contribution >= 0.6 is 0 Å². The predicted octanol–water partition coefficient (Wildman–Crippen LogP) is 4.45. The highest BCUT2D eigenvalue weighted by atomic mass is 19.4. The molecular weight excluding hydrogens is 319 g/mol. The molecule has 0 aliphatic heterocycles. The molecule has 1 aromatic heterocycles. The Kier molecular flexibility index (Phi) is 7.74. The fourth-order valence-electron chi connectivity index (χ4n) is 2.07. The molecule has 3 N–H and O–H groups in total. The maximum absolute atomic E-state index is 12.4. The van der Waals surface area contributed by atoms with Gasteiger partial charge in [-0.2, -0.15) is 13.2 Å². The maximum atomic E-state index is 12.4. The summed E-state index contributed by atoms with van der Waals surface area (Å²) in [6.45, 7) is 4.77. The standard InChI is InChI=1S/C17H24F3N3O/c1-3-5-6-12(4-2)11-24-13-7-8-23-15(9-13)14(21)10-16(22)17(18,19)20/h7-10,12,21H,3-6,11,22H2,1-2H3. The Morgan fingerprint density at radius 1 is 1.42 bits per heavy atom. The molecule has 0 saturated carbocycles. The van der Waals surface area contributed by atoms with Gasteiger partial charge in [0.1, 0.15) is 11.4 Å². The summed E-state index contributed by atoms with van der Waals surface area (Å²) in [5.74, 6) is 0.917. The molecule has 0 fully saturated rings. The zero-order chi connectivity index (χ0) is 18.2. The minimum atomic E-state index is -4.66. The van der Waals surface area contributed by atoms with E-state index in [-0.39, 0.29) is 5.69 Å². The van der Waals surface area contributed by atoms with Crippen molar-refractivity contribution in [3.05, 3.63) is 35.8 Å². The quantitative estimate of drug-likeness (QED) is 0.651. The molecule has 0 bridgehead atoms. The van der Waals surface area contributed by atoms with E-state index in [0.29, 0.717) is 24.4 Å². The molecule has 0 radical (unpaired) electrons. The van der Waals surface area contributed by atoms with Crippen molar-refractivity contribution in [1.82, 2.24) is 4.98 Å². The van der Waals surface area contributed by atoms with Crippen LogP contribution in [0.15, 0.2) is 30.1 Å². The number of hydrogen-bond acceptors (Lipinski definition) is 4. The third kappa shape index (κ3) is 6.60. The van der Waals surface area contributed by atoms with Gasteiger partial charge in [-0.3, -0.25) is 10.4 Å². The fourth-order valence-corrected chi connectivity index (χ4v) is 2.07. The predicted molar refractivity (Wildman–Crippen MR) is 88.2 cm³/mol. The van der Waals surface area contributed by atoms with Gasteiger partial charge in [-0.25, -0.2) is 0 Å². The number of allylic oxidation sites excluding steroid dienone is 2. The molecule has 0 aliphatic rings. The van der Waals surface area contributed by atoms with Crippen molar-refractivity contribution in [2.24, 2.45) is 11.7 Å². The average Bonchev–Trinajstić information content (AvgIpc) is 2.54. The number of ether oxygens (including phenoxy) is 1. The van der Waals surface area contributed by atoms with Crippen molar-refractivity contribution in [3.63, 3.8) is 0 Å². The van der Waals surface area contributed by atoms with Crippen LogP contribution < -0.4 is 10.5 Å². The Morgan fingerprint density at radius 2 is 2.12 bits per heavy atom. The molecule has 1 atom stereocenters. The van der Waals surface area contributed by atoms with E-state index in [0.717, 1.165) is 25.7 Å². The van der Waals surface area contributed by atoms with Gasteiger partial charge in [0.05, 0.1) is 18.0 Å². The molecule has 24 heavy (non-hydrogen) atoms. The van der Waals surface area contributed by atoms with Crippen molar-refractivity contribution < 1.29 is 17.9 Å². The second kappa shape index (κ2) is 9.30. The summed E-state index contributed by atoms with van der Waals surface area (Å²) < 4.78 is 43.0. The highest BCUT2D eigenvalue weighted by Crippen LogP contribution is 2.22. The smallest absolute Gasteiger partial charge is 0.430 e. The van der Waals surface area contributed by atoms with Crippen LogP contribution in [-0.2, 0) is 0 Å². The number of pyridine rings is 1. The molecule has 4 nitrogen and oxygen atoms in total. The molecule has 7 heteroatoms. The van der Waals surface area contributed by atoms with Crippen LogP contribution in [0.2, 0.25) is 0 Å². The van der Waals surface area contributed by atoms with Gasteiger partial charge in [-0.05, 0) is 24.5 Å². The van der Waals surface area contributed by atoms with Crippen molar-refractivity contribution in [3.8, 4) is 5.75 Å². The molecule has 1 aromatic rings. The van der Waals surface area contributed by atoms with Gasteiger partial charge >= 0.3 is 6.18 Å².